The molecule has 9 heteroatoms. The Hall–Kier alpha value is -3.36. The van der Waals surface area contributed by atoms with Crippen LogP contribution >= 0.6 is 23.2 Å². The third-order valence-corrected chi connectivity index (χ3v) is 7.65. The Balaban J connectivity index is 1.56. The Morgan fingerprint density at radius 3 is 2.54 bits per heavy atom. The number of ether oxygens (including phenoxy) is 3. The number of hydrogen-bond donors (Lipinski definition) is 1. The molecule has 2 heterocycles. The van der Waals surface area contributed by atoms with E-state index in [1.807, 2.05) is 66.7 Å². The maximum absolute atomic E-state index is 14.4. The molecule has 0 radical (unpaired) electrons. The molecule has 1 amide bonds. The smallest absolute Gasteiger partial charge is 0.255 e. The molecule has 1 N–H and O–H groups in total. The molecule has 3 aromatic rings. The first kappa shape index (κ1) is 29.1. The summed E-state index contributed by atoms with van der Waals surface area (Å²) in [5.41, 5.74) is 1.04. The van der Waals surface area contributed by atoms with Gasteiger partial charge in [0.05, 0.1) is 19.8 Å². The number of amides is 1. The van der Waals surface area contributed by atoms with Gasteiger partial charge in [-0.15, -0.1) is 0 Å². The lowest BCUT2D eigenvalue weighted by Crippen LogP contribution is -2.53. The molecule has 0 aliphatic carbocycles. The molecule has 1 fully saturated rings. The van der Waals surface area contributed by atoms with Gasteiger partial charge in [0.1, 0.15) is 5.75 Å². The van der Waals surface area contributed by atoms with E-state index in [0.717, 1.165) is 5.56 Å². The normalized spacial score (nSPS) is 20.6. The highest BCUT2D eigenvalue weighted by atomic mass is 35.5. The van der Waals surface area contributed by atoms with Gasteiger partial charge in [0.2, 0.25) is 5.90 Å². The number of morpholine rings is 1. The predicted molar refractivity (Wildman–Crippen MR) is 161 cm³/mol. The number of carbonyl (C=O) groups is 1. The van der Waals surface area contributed by atoms with E-state index in [9.17, 15) is 4.79 Å². The molecular weight excluding hydrogens is 563 g/mol. The second-order valence-electron chi connectivity index (χ2n) is 9.88. The van der Waals surface area contributed by atoms with Gasteiger partial charge in [-0.2, -0.15) is 0 Å². The second-order valence-corrected chi connectivity index (χ2v) is 10.7. The molecule has 0 saturated carbocycles. The van der Waals surface area contributed by atoms with E-state index in [0.29, 0.717) is 72.2 Å². The van der Waals surface area contributed by atoms with Gasteiger partial charge in [-0.05, 0) is 42.0 Å². The van der Waals surface area contributed by atoms with Gasteiger partial charge in [0.15, 0.2) is 11.6 Å². The second kappa shape index (κ2) is 13.5. The molecule has 0 spiro atoms. The van der Waals surface area contributed by atoms with Crippen LogP contribution in [0.25, 0.3) is 6.08 Å². The molecule has 2 aliphatic heterocycles. The minimum atomic E-state index is -1.31. The van der Waals surface area contributed by atoms with Crippen molar-refractivity contribution in [2.24, 2.45) is 4.99 Å². The first-order valence-electron chi connectivity index (χ1n) is 13.6. The van der Waals surface area contributed by atoms with Crippen molar-refractivity contribution in [3.8, 4) is 5.75 Å². The number of aliphatic hydroxyl groups is 1. The number of carbonyl (C=O) groups excluding carboxylic acids is 1. The van der Waals surface area contributed by atoms with E-state index in [1.165, 1.54) is 0 Å². The summed E-state index contributed by atoms with van der Waals surface area (Å²) in [4.78, 5) is 21.3. The Morgan fingerprint density at radius 2 is 1.83 bits per heavy atom. The standard InChI is InChI=1S/C32H32Cl2N2O5/c33-25-11-14-27(28(34)22-25)29-32(31(38)36-16-20-39-21-17-36,15-4-8-23-6-2-1-3-7-23)35-30(41-29)24-9-12-26(13-10-24)40-19-5-18-37/h1-4,6-14,22,29,37H,5,15-21H2/b8-4+/t29-,32-/m1/s1. The largest absolute Gasteiger partial charge is 0.494 e. The minimum Gasteiger partial charge on any atom is -0.494 e. The van der Waals surface area contributed by atoms with E-state index < -0.39 is 11.6 Å². The molecular formula is C32H32Cl2N2O5. The van der Waals surface area contributed by atoms with Crippen LogP contribution in [0.1, 0.15) is 35.6 Å². The van der Waals surface area contributed by atoms with E-state index in [-0.39, 0.29) is 18.9 Å². The summed E-state index contributed by atoms with van der Waals surface area (Å²) in [5, 5.41) is 9.92. The lowest BCUT2D eigenvalue weighted by Gasteiger charge is -2.36. The van der Waals surface area contributed by atoms with Crippen molar-refractivity contribution in [2.45, 2.75) is 24.5 Å². The van der Waals surface area contributed by atoms with Gasteiger partial charge in [-0.1, -0.05) is 71.8 Å². The number of nitrogens with zero attached hydrogens (tertiary/aromatic N) is 2. The molecule has 41 heavy (non-hydrogen) atoms. The van der Waals surface area contributed by atoms with Crippen LogP contribution in [0.2, 0.25) is 10.0 Å². The predicted octanol–water partition coefficient (Wildman–Crippen LogP) is 5.97. The molecule has 7 nitrogen and oxygen atoms in total. The van der Waals surface area contributed by atoms with Crippen LogP contribution < -0.4 is 4.74 Å². The molecule has 5 rings (SSSR count). The van der Waals surface area contributed by atoms with Crippen molar-refractivity contribution < 1.29 is 24.1 Å². The van der Waals surface area contributed by atoms with E-state index in [4.69, 9.17) is 47.5 Å². The summed E-state index contributed by atoms with van der Waals surface area (Å²) in [6.45, 7) is 2.33. The third-order valence-electron chi connectivity index (χ3n) is 7.09. The van der Waals surface area contributed by atoms with Crippen molar-refractivity contribution >= 4 is 41.1 Å². The Labute approximate surface area is 250 Å². The zero-order valence-electron chi connectivity index (χ0n) is 22.5. The molecule has 3 aromatic carbocycles. The van der Waals surface area contributed by atoms with E-state index in [1.54, 1.807) is 23.1 Å². The fourth-order valence-corrected chi connectivity index (χ4v) is 5.48. The summed E-state index contributed by atoms with van der Waals surface area (Å²) in [7, 11) is 0. The molecule has 1 saturated heterocycles. The summed E-state index contributed by atoms with van der Waals surface area (Å²) < 4.78 is 17.8. The topological polar surface area (TPSA) is 80.6 Å². The number of aliphatic hydroxyl groups excluding tert-OH is 1. The number of halogens is 2. The highest BCUT2D eigenvalue weighted by molar-refractivity contribution is 6.35. The van der Waals surface area contributed by atoms with Gasteiger partial charge in [-0.3, -0.25) is 4.79 Å². The lowest BCUT2D eigenvalue weighted by molar-refractivity contribution is -0.143. The van der Waals surface area contributed by atoms with Crippen LogP contribution in [-0.4, -0.2) is 66.9 Å². The van der Waals surface area contributed by atoms with E-state index >= 15 is 0 Å². The molecule has 0 unspecified atom stereocenters. The monoisotopic (exact) mass is 594 g/mol. The van der Waals surface area contributed by atoms with Crippen LogP contribution in [0.15, 0.2) is 83.9 Å². The van der Waals surface area contributed by atoms with Gasteiger partial charge >= 0.3 is 0 Å². The Bertz CT molecular complexity index is 1390. The molecule has 2 atom stereocenters. The number of hydrogen-bond acceptors (Lipinski definition) is 6. The van der Waals surface area contributed by atoms with Crippen LogP contribution in [0.3, 0.4) is 0 Å². The maximum atomic E-state index is 14.4. The van der Waals surface area contributed by atoms with Crippen molar-refractivity contribution in [3.05, 3.63) is 106 Å². The van der Waals surface area contributed by atoms with E-state index in [2.05, 4.69) is 0 Å². The summed E-state index contributed by atoms with van der Waals surface area (Å²) >= 11 is 13.0. The van der Waals surface area contributed by atoms with Crippen LogP contribution in [-0.2, 0) is 14.3 Å². The van der Waals surface area contributed by atoms with Crippen molar-refractivity contribution in [1.29, 1.82) is 0 Å². The quantitative estimate of drug-likeness (QED) is 0.292. The molecule has 2 aliphatic rings. The van der Waals surface area contributed by atoms with Crippen molar-refractivity contribution in [1.82, 2.24) is 4.90 Å². The minimum absolute atomic E-state index is 0.0648. The fraction of sp³-hybridized carbons (Fsp3) is 0.312. The number of aliphatic imine (C=N–C) groups is 1. The van der Waals surface area contributed by atoms with Gasteiger partial charge < -0.3 is 24.2 Å². The highest BCUT2D eigenvalue weighted by Crippen LogP contribution is 2.46. The average Bonchev–Trinajstić information content (AvgIpc) is 3.38. The van der Waals surface area contributed by atoms with Gasteiger partial charge in [0.25, 0.3) is 5.91 Å². The first-order valence-corrected chi connectivity index (χ1v) is 14.4. The molecule has 214 valence electrons. The summed E-state index contributed by atoms with van der Waals surface area (Å²) in [6, 6.07) is 22.4. The SMILES string of the molecule is O=C(N1CCOCC1)[C@]1(C/C=C/c2ccccc2)N=C(c2ccc(OCCCO)cc2)O[C@@H]1c1ccc(Cl)cc1Cl. The summed E-state index contributed by atoms with van der Waals surface area (Å²) in [5.74, 6) is 0.866. The van der Waals surface area contributed by atoms with Crippen molar-refractivity contribution in [3.63, 3.8) is 0 Å². The lowest BCUT2D eigenvalue weighted by atomic mass is 9.83. The fourth-order valence-electron chi connectivity index (χ4n) is 4.97. The van der Waals surface area contributed by atoms with Crippen LogP contribution in [0, 0.1) is 0 Å². The van der Waals surface area contributed by atoms with Gasteiger partial charge in [-0.25, -0.2) is 4.99 Å². The maximum Gasteiger partial charge on any atom is 0.255 e. The zero-order chi connectivity index (χ0) is 28.7. The molecule has 0 bridgehead atoms. The first-order chi connectivity index (χ1) is 20.0. The van der Waals surface area contributed by atoms with Gasteiger partial charge in [0, 0.05) is 53.7 Å². The van der Waals surface area contributed by atoms with Crippen LogP contribution in [0.5, 0.6) is 5.75 Å². The number of benzene rings is 3. The Kier molecular flexibility index (Phi) is 9.62. The average molecular weight is 596 g/mol. The Morgan fingerprint density at radius 1 is 1.07 bits per heavy atom. The highest BCUT2D eigenvalue weighted by Gasteiger charge is 2.54. The van der Waals surface area contributed by atoms with Crippen LogP contribution in [0.4, 0.5) is 0 Å². The summed E-state index contributed by atoms with van der Waals surface area (Å²) in [6.07, 6.45) is 4.00. The third kappa shape index (κ3) is 6.76. The zero-order valence-corrected chi connectivity index (χ0v) is 24.1. The number of rotatable bonds is 10. The molecule has 0 aromatic heterocycles. The van der Waals surface area contributed by atoms with Crippen molar-refractivity contribution in [2.75, 3.05) is 39.5 Å².